The largest absolute Gasteiger partial charge is 0.488 e. The molecule has 0 spiro atoms. The average Bonchev–Trinajstić information content (AvgIpc) is 3.19. The van der Waals surface area contributed by atoms with Crippen LogP contribution in [-0.4, -0.2) is 11.8 Å². The molecule has 0 saturated heterocycles. The highest BCUT2D eigenvalue weighted by molar-refractivity contribution is 6.30. The van der Waals surface area contributed by atoms with E-state index in [0.29, 0.717) is 39.9 Å². The monoisotopic (exact) mass is 724 g/mol. The molecule has 0 heterocycles. The maximum Gasteiger partial charge on any atom is 0.274 e. The second kappa shape index (κ2) is 18.0. The molecule has 53 heavy (non-hydrogen) atoms. The van der Waals surface area contributed by atoms with E-state index in [1.807, 2.05) is 127 Å². The Bertz CT molecular complexity index is 2090. The molecule has 6 aromatic carbocycles. The van der Waals surface area contributed by atoms with E-state index in [1.165, 1.54) is 0 Å². The first-order valence-corrected chi connectivity index (χ1v) is 17.9. The summed E-state index contributed by atoms with van der Waals surface area (Å²) in [5, 5.41) is 0.555. The van der Waals surface area contributed by atoms with Gasteiger partial charge in [-0.1, -0.05) is 129 Å². The molecule has 7 nitrogen and oxygen atoms in total. The zero-order valence-electron chi connectivity index (χ0n) is 29.7. The number of hydroxylamine groups is 1. The van der Waals surface area contributed by atoms with Crippen LogP contribution in [0.1, 0.15) is 68.3 Å². The minimum Gasteiger partial charge on any atom is -0.488 e. The lowest BCUT2D eigenvalue weighted by Crippen LogP contribution is -2.31. The third-order valence-corrected chi connectivity index (χ3v) is 8.88. The van der Waals surface area contributed by atoms with Crippen LogP contribution in [0.5, 0.6) is 11.5 Å². The fourth-order valence-electron chi connectivity index (χ4n) is 5.72. The van der Waals surface area contributed by atoms with Crippen LogP contribution >= 0.6 is 11.6 Å². The molecule has 1 N–H and O–H groups in total. The number of halogens is 1. The van der Waals surface area contributed by atoms with Gasteiger partial charge in [-0.05, 0) is 76.2 Å². The molecule has 0 saturated carbocycles. The highest BCUT2D eigenvalue weighted by Crippen LogP contribution is 2.37. The molecule has 0 aliphatic heterocycles. The van der Waals surface area contributed by atoms with Crippen LogP contribution in [0.4, 0.5) is 5.69 Å². The Balaban J connectivity index is 1.29. The summed E-state index contributed by atoms with van der Waals surface area (Å²) in [6, 6.07) is 47.3. The molecule has 6 rings (SSSR count). The summed E-state index contributed by atoms with van der Waals surface area (Å²) in [6.07, 6.45) is 0. The number of carbonyl (C=O) groups is 2. The normalized spacial score (nSPS) is 10.9. The Hall–Kier alpha value is -5.89. The molecule has 0 bridgehead atoms. The minimum atomic E-state index is -0.367. The van der Waals surface area contributed by atoms with Crippen molar-refractivity contribution in [3.63, 3.8) is 0 Å². The smallest absolute Gasteiger partial charge is 0.274 e. The zero-order chi connectivity index (χ0) is 37.0. The van der Waals surface area contributed by atoms with E-state index < -0.39 is 0 Å². The molecule has 0 radical (unpaired) electrons. The Kier molecular flexibility index (Phi) is 12.6. The van der Waals surface area contributed by atoms with Gasteiger partial charge in [0.25, 0.3) is 11.8 Å². The maximum absolute atomic E-state index is 14.8. The van der Waals surface area contributed by atoms with Crippen LogP contribution < -0.4 is 19.9 Å². The number of carbonyl (C=O) groups excluding carboxylic acids is 2. The lowest BCUT2D eigenvalue weighted by Gasteiger charge is -2.26. The van der Waals surface area contributed by atoms with Crippen LogP contribution in [0, 0.1) is 0 Å². The quantitative estimate of drug-likeness (QED) is 0.107. The summed E-state index contributed by atoms with van der Waals surface area (Å²) in [5.74, 6) is 0.489. The molecule has 0 fully saturated rings. The van der Waals surface area contributed by atoms with Crippen molar-refractivity contribution in [3.8, 4) is 11.5 Å². The number of rotatable bonds is 15. The first-order chi connectivity index (χ1) is 25.8. The van der Waals surface area contributed by atoms with Crippen molar-refractivity contribution in [1.82, 2.24) is 5.48 Å². The number of amides is 2. The molecule has 2 amide bonds. The van der Waals surface area contributed by atoms with Gasteiger partial charge < -0.3 is 14.4 Å². The number of benzene rings is 6. The lowest BCUT2D eigenvalue weighted by atomic mass is 9.97. The predicted octanol–water partition coefficient (Wildman–Crippen LogP) is 10.3. The maximum atomic E-state index is 14.8. The lowest BCUT2D eigenvalue weighted by molar-refractivity contribution is 0.0233. The number of ether oxygens (including phenoxy) is 2. The summed E-state index contributed by atoms with van der Waals surface area (Å²) in [7, 11) is 0. The van der Waals surface area contributed by atoms with Crippen LogP contribution in [0.15, 0.2) is 152 Å². The molecule has 6 aromatic rings. The van der Waals surface area contributed by atoms with E-state index in [9.17, 15) is 9.59 Å². The minimum absolute atomic E-state index is 0.0508. The van der Waals surface area contributed by atoms with Crippen molar-refractivity contribution in [2.24, 2.45) is 0 Å². The van der Waals surface area contributed by atoms with Crippen molar-refractivity contribution < 1.29 is 23.9 Å². The summed E-state index contributed by atoms with van der Waals surface area (Å²) < 4.78 is 12.8. The van der Waals surface area contributed by atoms with Gasteiger partial charge in [0.1, 0.15) is 24.7 Å². The number of anilines is 1. The molecule has 0 atom stereocenters. The van der Waals surface area contributed by atoms with Crippen molar-refractivity contribution in [2.75, 3.05) is 4.90 Å². The Morgan fingerprint density at radius 2 is 1.15 bits per heavy atom. The van der Waals surface area contributed by atoms with E-state index in [2.05, 4.69) is 19.3 Å². The predicted molar refractivity (Wildman–Crippen MR) is 209 cm³/mol. The van der Waals surface area contributed by atoms with Gasteiger partial charge in [-0.3, -0.25) is 14.4 Å². The third kappa shape index (κ3) is 10.1. The number of nitrogens with one attached hydrogen (secondary N) is 1. The summed E-state index contributed by atoms with van der Waals surface area (Å²) in [5.41, 5.74) is 8.63. The fourth-order valence-corrected chi connectivity index (χ4v) is 5.85. The molecule has 268 valence electrons. The van der Waals surface area contributed by atoms with E-state index in [0.717, 1.165) is 27.8 Å². The van der Waals surface area contributed by atoms with Gasteiger partial charge in [-0.15, -0.1) is 0 Å². The Morgan fingerprint density at radius 3 is 1.70 bits per heavy atom. The number of nitrogens with zero attached hydrogens (tertiary/aromatic N) is 1. The molecule has 0 aliphatic carbocycles. The number of hydrogen-bond acceptors (Lipinski definition) is 5. The van der Waals surface area contributed by atoms with Crippen molar-refractivity contribution >= 4 is 29.1 Å². The summed E-state index contributed by atoms with van der Waals surface area (Å²) in [4.78, 5) is 34.8. The molecular weight excluding hydrogens is 684 g/mol. The highest BCUT2D eigenvalue weighted by Gasteiger charge is 2.26. The summed E-state index contributed by atoms with van der Waals surface area (Å²) in [6.45, 7) is 5.25. The van der Waals surface area contributed by atoms with Gasteiger partial charge in [-0.2, -0.15) is 0 Å². The Labute approximate surface area is 315 Å². The van der Waals surface area contributed by atoms with Crippen molar-refractivity contribution in [3.05, 3.63) is 196 Å². The van der Waals surface area contributed by atoms with Gasteiger partial charge >= 0.3 is 0 Å². The molecule has 0 aliphatic rings. The van der Waals surface area contributed by atoms with Gasteiger partial charge in [0.2, 0.25) is 0 Å². The SMILES string of the molecule is CC(C)c1cc(C(=O)N(Cc2ccc(C(=O)NOCc3ccccc3)cc2)c2ccc(Cl)cc2)c(OCc2ccccc2)cc1OCc1ccccc1. The molecule has 8 heteroatoms. The van der Waals surface area contributed by atoms with Crippen LogP contribution in [0.25, 0.3) is 0 Å². The van der Waals surface area contributed by atoms with Gasteiger partial charge in [0, 0.05) is 22.3 Å². The fraction of sp³-hybridized carbons (Fsp3) is 0.156. The van der Waals surface area contributed by atoms with Gasteiger partial charge in [0.15, 0.2) is 0 Å². The topological polar surface area (TPSA) is 77.1 Å². The Morgan fingerprint density at radius 1 is 0.623 bits per heavy atom. The van der Waals surface area contributed by atoms with Crippen molar-refractivity contribution in [2.45, 2.75) is 46.1 Å². The molecular formula is C45H41ClN2O5. The van der Waals surface area contributed by atoms with E-state index >= 15 is 0 Å². The van der Waals surface area contributed by atoms with Crippen LogP contribution in [0.3, 0.4) is 0 Å². The molecule has 0 unspecified atom stereocenters. The standard InChI is InChI=1S/C45H41ClN2O5/c1-32(2)40-26-41(43(52-30-35-14-8-4-9-15-35)27-42(40)51-29-34-12-6-3-7-13-34)45(50)48(39-24-22-38(46)23-25-39)28-33-18-20-37(21-19-33)44(49)47-53-31-36-16-10-5-11-17-36/h3-27,32H,28-31H2,1-2H3,(H,47,49). The van der Waals surface area contributed by atoms with Crippen molar-refractivity contribution in [1.29, 1.82) is 0 Å². The third-order valence-electron chi connectivity index (χ3n) is 8.63. The number of hydrogen-bond donors (Lipinski definition) is 1. The zero-order valence-corrected chi connectivity index (χ0v) is 30.5. The van der Waals surface area contributed by atoms with E-state index in [4.69, 9.17) is 25.9 Å². The first kappa shape index (κ1) is 36.9. The molecule has 0 aromatic heterocycles. The summed E-state index contributed by atoms with van der Waals surface area (Å²) >= 11 is 6.28. The first-order valence-electron chi connectivity index (χ1n) is 17.5. The van der Waals surface area contributed by atoms with Gasteiger partial charge in [0.05, 0.1) is 18.7 Å². The van der Waals surface area contributed by atoms with Gasteiger partial charge in [-0.25, -0.2) is 5.48 Å². The van der Waals surface area contributed by atoms with E-state index in [1.54, 1.807) is 29.2 Å². The second-order valence-electron chi connectivity index (χ2n) is 12.9. The second-order valence-corrected chi connectivity index (χ2v) is 13.3. The van der Waals surface area contributed by atoms with Crippen LogP contribution in [0.2, 0.25) is 5.02 Å². The van der Waals surface area contributed by atoms with Crippen LogP contribution in [-0.2, 0) is 31.2 Å². The highest BCUT2D eigenvalue weighted by atomic mass is 35.5. The van der Waals surface area contributed by atoms with E-state index in [-0.39, 0.29) is 37.5 Å². The average molecular weight is 725 g/mol.